The molecule has 2 aliphatic heterocycles. The number of nitrogens with one attached hydrogen (secondary N) is 3. The quantitative estimate of drug-likeness (QED) is 0.526. The van der Waals surface area contributed by atoms with Crippen LogP contribution in [0.2, 0.25) is 0 Å². The van der Waals surface area contributed by atoms with Gasteiger partial charge in [-0.1, -0.05) is 55.3 Å². The Kier molecular flexibility index (Phi) is 6.68. The van der Waals surface area contributed by atoms with Gasteiger partial charge in [-0.25, -0.2) is 4.98 Å². The van der Waals surface area contributed by atoms with E-state index in [2.05, 4.69) is 74.1 Å². The van der Waals surface area contributed by atoms with E-state index in [1.165, 1.54) is 11.6 Å². The Morgan fingerprint density at radius 3 is 2.84 bits per heavy atom. The molecule has 0 radical (unpaired) electrons. The van der Waals surface area contributed by atoms with Crippen molar-refractivity contribution < 1.29 is 9.59 Å². The van der Waals surface area contributed by atoms with Gasteiger partial charge in [-0.2, -0.15) is 0 Å². The number of para-hydroxylation sites is 1. The van der Waals surface area contributed by atoms with Gasteiger partial charge in [0.2, 0.25) is 11.8 Å². The Labute approximate surface area is 218 Å². The molecule has 1 aromatic heterocycles. The predicted octanol–water partition coefficient (Wildman–Crippen LogP) is 4.61. The number of hydrogen-bond donors (Lipinski definition) is 3. The molecule has 7 nitrogen and oxygen atoms in total. The highest BCUT2D eigenvalue weighted by Gasteiger charge is 2.49. The van der Waals surface area contributed by atoms with Gasteiger partial charge in [0.1, 0.15) is 0 Å². The minimum Gasteiger partial charge on any atom is -0.381 e. The molecule has 2 aromatic rings. The SMILES string of the molecule is O=C(/C=C/c1c[nH]cn1)N[C@@H]1CCCC[C@@H]1C(=O)N1CC[C@@H]2[C@H](C3C=CC=CC3)Nc3ccccc3[C@@H]21. The van der Waals surface area contributed by atoms with Crippen molar-refractivity contribution >= 4 is 23.6 Å². The fraction of sp³-hybridized carbons (Fsp3) is 0.433. The second-order valence-electron chi connectivity index (χ2n) is 10.7. The van der Waals surface area contributed by atoms with Crippen molar-refractivity contribution in [2.24, 2.45) is 17.8 Å². The van der Waals surface area contributed by atoms with Crippen molar-refractivity contribution in [1.29, 1.82) is 0 Å². The van der Waals surface area contributed by atoms with Crippen LogP contribution in [-0.4, -0.2) is 45.3 Å². The molecule has 192 valence electrons. The van der Waals surface area contributed by atoms with Gasteiger partial charge in [0.05, 0.1) is 24.0 Å². The third-order valence-electron chi connectivity index (χ3n) is 8.60. The molecule has 1 unspecified atom stereocenters. The minimum absolute atomic E-state index is 0.0760. The normalized spacial score (nSPS) is 30.5. The number of allylic oxidation sites excluding steroid dienone is 3. The molecular formula is C30H35N5O2. The van der Waals surface area contributed by atoms with Crippen LogP contribution in [-0.2, 0) is 9.59 Å². The molecule has 2 fully saturated rings. The number of hydrogen-bond acceptors (Lipinski definition) is 4. The van der Waals surface area contributed by atoms with E-state index in [1.807, 2.05) is 0 Å². The smallest absolute Gasteiger partial charge is 0.244 e. The Morgan fingerprint density at radius 2 is 2.00 bits per heavy atom. The summed E-state index contributed by atoms with van der Waals surface area (Å²) in [7, 11) is 0. The molecule has 0 bridgehead atoms. The first-order valence-electron chi connectivity index (χ1n) is 13.7. The van der Waals surface area contributed by atoms with E-state index in [0.29, 0.717) is 23.6 Å². The van der Waals surface area contributed by atoms with Gasteiger partial charge in [-0.05, 0) is 43.4 Å². The van der Waals surface area contributed by atoms with Gasteiger partial charge >= 0.3 is 0 Å². The number of carbonyl (C=O) groups excluding carboxylic acids is 2. The first-order chi connectivity index (χ1) is 18.2. The number of benzene rings is 1. The molecule has 6 rings (SSSR count). The number of H-pyrrole nitrogens is 1. The van der Waals surface area contributed by atoms with Crippen molar-refractivity contribution in [1.82, 2.24) is 20.2 Å². The largest absolute Gasteiger partial charge is 0.381 e. The highest BCUT2D eigenvalue weighted by Crippen LogP contribution is 2.49. The number of rotatable bonds is 5. The van der Waals surface area contributed by atoms with Gasteiger partial charge in [0.15, 0.2) is 0 Å². The van der Waals surface area contributed by atoms with E-state index in [1.54, 1.807) is 18.6 Å². The first-order valence-corrected chi connectivity index (χ1v) is 13.7. The minimum atomic E-state index is -0.187. The zero-order chi connectivity index (χ0) is 25.2. The summed E-state index contributed by atoms with van der Waals surface area (Å²) in [5, 5.41) is 6.99. The number of carbonyl (C=O) groups is 2. The molecule has 3 heterocycles. The number of anilines is 1. The molecule has 2 aliphatic carbocycles. The Hall–Kier alpha value is -3.61. The number of likely N-dealkylation sites (tertiary alicyclic amines) is 1. The molecule has 1 saturated carbocycles. The molecular weight excluding hydrogens is 462 g/mol. The summed E-state index contributed by atoms with van der Waals surface area (Å²) in [5.74, 6) is 0.630. The fourth-order valence-corrected chi connectivity index (χ4v) is 6.87. The number of imidazole rings is 1. The van der Waals surface area contributed by atoms with Crippen LogP contribution in [0.3, 0.4) is 0 Å². The molecule has 4 aliphatic rings. The molecule has 1 saturated heterocycles. The second-order valence-corrected chi connectivity index (χ2v) is 10.7. The van der Waals surface area contributed by atoms with Gasteiger partial charge in [0, 0.05) is 48.4 Å². The van der Waals surface area contributed by atoms with Crippen LogP contribution in [0.15, 0.2) is 67.2 Å². The molecule has 3 N–H and O–H groups in total. The van der Waals surface area contributed by atoms with Gasteiger partial charge in [0.25, 0.3) is 0 Å². The Morgan fingerprint density at radius 1 is 1.11 bits per heavy atom. The van der Waals surface area contributed by atoms with Gasteiger partial charge in [-0.15, -0.1) is 0 Å². The molecule has 6 atom stereocenters. The maximum atomic E-state index is 14.2. The summed E-state index contributed by atoms with van der Waals surface area (Å²) in [6, 6.07) is 8.72. The lowest BCUT2D eigenvalue weighted by molar-refractivity contribution is -0.139. The fourth-order valence-electron chi connectivity index (χ4n) is 6.87. The number of nitrogens with zero attached hydrogens (tertiary/aromatic N) is 2. The first kappa shape index (κ1) is 23.8. The van der Waals surface area contributed by atoms with Gasteiger partial charge < -0.3 is 20.5 Å². The summed E-state index contributed by atoms with van der Waals surface area (Å²) < 4.78 is 0. The number of amides is 2. The van der Waals surface area contributed by atoms with E-state index >= 15 is 0 Å². The van der Waals surface area contributed by atoms with Crippen molar-refractivity contribution in [3.8, 4) is 0 Å². The van der Waals surface area contributed by atoms with E-state index < -0.39 is 0 Å². The topological polar surface area (TPSA) is 90.1 Å². The average molecular weight is 498 g/mol. The summed E-state index contributed by atoms with van der Waals surface area (Å²) in [4.78, 5) is 36.1. The van der Waals surface area contributed by atoms with Crippen molar-refractivity contribution in [2.75, 3.05) is 11.9 Å². The lowest BCUT2D eigenvalue weighted by Gasteiger charge is -2.44. The zero-order valence-corrected chi connectivity index (χ0v) is 21.1. The van der Waals surface area contributed by atoms with Crippen LogP contribution in [0.1, 0.15) is 55.8 Å². The monoisotopic (exact) mass is 497 g/mol. The van der Waals surface area contributed by atoms with E-state index in [0.717, 1.165) is 50.8 Å². The molecule has 37 heavy (non-hydrogen) atoms. The van der Waals surface area contributed by atoms with E-state index in [9.17, 15) is 9.59 Å². The van der Waals surface area contributed by atoms with Crippen LogP contribution >= 0.6 is 0 Å². The van der Waals surface area contributed by atoms with Crippen LogP contribution < -0.4 is 10.6 Å². The highest BCUT2D eigenvalue weighted by atomic mass is 16.2. The van der Waals surface area contributed by atoms with E-state index in [-0.39, 0.29) is 29.8 Å². The molecule has 1 aromatic carbocycles. The van der Waals surface area contributed by atoms with Crippen molar-refractivity contribution in [3.05, 3.63) is 78.4 Å². The molecule has 7 heteroatoms. The van der Waals surface area contributed by atoms with Crippen LogP contribution in [0, 0.1) is 17.8 Å². The summed E-state index contributed by atoms with van der Waals surface area (Å²) in [5.41, 5.74) is 3.08. The molecule has 2 amide bonds. The van der Waals surface area contributed by atoms with Crippen LogP contribution in [0.4, 0.5) is 5.69 Å². The summed E-state index contributed by atoms with van der Waals surface area (Å²) in [6.07, 6.45) is 21.1. The van der Waals surface area contributed by atoms with E-state index in [4.69, 9.17) is 0 Å². The number of fused-ring (bicyclic) bond motifs is 3. The maximum absolute atomic E-state index is 14.2. The number of aromatic amines is 1. The van der Waals surface area contributed by atoms with Gasteiger partial charge in [-0.3, -0.25) is 9.59 Å². The predicted molar refractivity (Wildman–Crippen MR) is 144 cm³/mol. The summed E-state index contributed by atoms with van der Waals surface area (Å²) in [6.45, 7) is 0.767. The van der Waals surface area contributed by atoms with Crippen molar-refractivity contribution in [2.45, 2.75) is 56.7 Å². The number of aromatic nitrogens is 2. The van der Waals surface area contributed by atoms with Crippen LogP contribution in [0.25, 0.3) is 6.08 Å². The zero-order valence-electron chi connectivity index (χ0n) is 21.1. The standard InChI is InChI=1S/C30H35N5O2/c36-27(15-14-21-18-31-19-32-21)33-26-13-7-5-11-23(26)30(37)35-17-16-24-28(20-8-2-1-3-9-20)34-25-12-6-4-10-22(25)29(24)35/h1-4,6,8,10,12,14-15,18-20,23-24,26,28-29,34H,5,7,9,11,13,16-17H2,(H,31,32)(H,33,36)/b15-14+/t20?,23-,24+,26+,28-,29-/m0/s1. The van der Waals surface area contributed by atoms with Crippen molar-refractivity contribution in [3.63, 3.8) is 0 Å². The second kappa shape index (κ2) is 10.4. The molecule has 0 spiro atoms. The summed E-state index contributed by atoms with van der Waals surface area (Å²) >= 11 is 0. The average Bonchev–Trinajstić information content (AvgIpc) is 3.63. The highest BCUT2D eigenvalue weighted by molar-refractivity contribution is 5.92. The third kappa shape index (κ3) is 4.75. The Bertz CT molecular complexity index is 1220. The Balaban J connectivity index is 1.22. The van der Waals surface area contributed by atoms with Crippen LogP contribution in [0.5, 0.6) is 0 Å². The lowest BCUT2D eigenvalue weighted by Crippen LogP contribution is -2.50. The maximum Gasteiger partial charge on any atom is 0.244 e. The lowest BCUT2D eigenvalue weighted by atomic mass is 9.75. The third-order valence-corrected chi connectivity index (χ3v) is 8.60.